The van der Waals surface area contributed by atoms with E-state index >= 15 is 0 Å². The van der Waals surface area contributed by atoms with Gasteiger partial charge >= 0.3 is 6.03 Å². The van der Waals surface area contributed by atoms with Crippen LogP contribution in [-0.4, -0.2) is 42.7 Å². The normalized spacial score (nSPS) is 15.3. The van der Waals surface area contributed by atoms with Crippen LogP contribution in [-0.2, 0) is 11.3 Å². The van der Waals surface area contributed by atoms with E-state index in [4.69, 9.17) is 10.5 Å². The average molecular weight is 495 g/mol. The molecule has 0 fully saturated rings. The molecule has 0 aliphatic carbocycles. The number of rotatable bonds is 6. The van der Waals surface area contributed by atoms with Crippen molar-refractivity contribution in [2.45, 2.75) is 19.1 Å². The molecule has 12 heteroatoms. The summed E-state index contributed by atoms with van der Waals surface area (Å²) in [7, 11) is 1.43. The number of nitrogens with one attached hydrogen (secondary N) is 2. The van der Waals surface area contributed by atoms with Gasteiger partial charge in [0, 0.05) is 36.8 Å². The van der Waals surface area contributed by atoms with Gasteiger partial charge in [-0.3, -0.25) is 0 Å². The predicted octanol–water partition coefficient (Wildman–Crippen LogP) is 4.70. The monoisotopic (exact) mass is 495 g/mol. The largest absolute Gasteiger partial charge is 0.373 e. The van der Waals surface area contributed by atoms with Gasteiger partial charge in [-0.25, -0.2) is 31.7 Å². The highest BCUT2D eigenvalue weighted by molar-refractivity contribution is 5.96. The third kappa shape index (κ3) is 4.84. The van der Waals surface area contributed by atoms with Crippen LogP contribution in [0.1, 0.15) is 29.3 Å². The molecule has 1 atom stereocenters. The summed E-state index contributed by atoms with van der Waals surface area (Å²) in [6.07, 6.45) is -3.06. The molecular weight excluding hydrogens is 473 g/mol. The molecule has 4 N–H and O–H groups in total. The van der Waals surface area contributed by atoms with E-state index < -0.39 is 41.5 Å². The second kappa shape index (κ2) is 10.0. The lowest BCUT2D eigenvalue weighted by molar-refractivity contribution is 0.0529. The Balaban J connectivity index is 1.71. The molecule has 3 aromatic rings. The zero-order valence-corrected chi connectivity index (χ0v) is 18.5. The number of nitrogens with two attached hydrogens (primary N) is 1. The van der Waals surface area contributed by atoms with Crippen molar-refractivity contribution in [1.82, 2.24) is 9.88 Å². The fourth-order valence-corrected chi connectivity index (χ4v) is 3.98. The zero-order valence-electron chi connectivity index (χ0n) is 18.5. The molecule has 35 heavy (non-hydrogen) atoms. The Hall–Kier alpha value is -3.51. The molecule has 2 aromatic carbocycles. The molecule has 7 nitrogen and oxygen atoms in total. The maximum atomic E-state index is 14.3. The molecule has 1 unspecified atom stereocenters. The van der Waals surface area contributed by atoms with Gasteiger partial charge in [0.05, 0.1) is 30.5 Å². The quantitative estimate of drug-likeness (QED) is 0.432. The van der Waals surface area contributed by atoms with Crippen molar-refractivity contribution in [1.29, 1.82) is 0 Å². The fourth-order valence-electron chi connectivity index (χ4n) is 3.98. The number of likely N-dealkylation sites (N-methyl/N-ethyl adjacent to an activating group) is 1. The molecule has 0 bridgehead atoms. The van der Waals surface area contributed by atoms with Gasteiger partial charge in [-0.1, -0.05) is 0 Å². The van der Waals surface area contributed by atoms with Gasteiger partial charge in [-0.2, -0.15) is 0 Å². The van der Waals surface area contributed by atoms with Crippen molar-refractivity contribution in [3.63, 3.8) is 0 Å². The summed E-state index contributed by atoms with van der Waals surface area (Å²) in [6.45, 7) is 0.713. The molecule has 2 amide bonds. The Morgan fingerprint density at radius 2 is 1.89 bits per heavy atom. The van der Waals surface area contributed by atoms with E-state index in [0.29, 0.717) is 34.4 Å². The van der Waals surface area contributed by atoms with Crippen LogP contribution in [0.2, 0.25) is 0 Å². The number of aromatic nitrogens is 1. The van der Waals surface area contributed by atoms with E-state index in [1.165, 1.54) is 11.9 Å². The van der Waals surface area contributed by atoms with E-state index in [0.717, 1.165) is 30.3 Å². The van der Waals surface area contributed by atoms with Crippen LogP contribution in [0.25, 0.3) is 10.8 Å². The van der Waals surface area contributed by atoms with Gasteiger partial charge in [0.1, 0.15) is 11.6 Å². The minimum atomic E-state index is -3.06. The second-order valence-electron chi connectivity index (χ2n) is 7.96. The molecule has 2 heterocycles. The maximum Gasteiger partial charge on any atom is 0.322 e. The molecule has 1 aliphatic heterocycles. The van der Waals surface area contributed by atoms with E-state index in [1.54, 1.807) is 0 Å². The molecule has 0 saturated heterocycles. The number of benzene rings is 2. The van der Waals surface area contributed by atoms with E-state index in [-0.39, 0.29) is 25.4 Å². The summed E-state index contributed by atoms with van der Waals surface area (Å²) in [5.74, 6) is -2.92. The van der Waals surface area contributed by atoms with Gasteiger partial charge in [0.25, 0.3) is 6.43 Å². The van der Waals surface area contributed by atoms with Crippen LogP contribution in [0.15, 0.2) is 30.3 Å². The fraction of sp³-hybridized carbons (Fsp3) is 0.304. The topological polar surface area (TPSA) is 92.5 Å². The number of carbonyl (C=O) groups excluding carboxylic acids is 1. The Bertz CT molecular complexity index is 1270. The summed E-state index contributed by atoms with van der Waals surface area (Å²) in [6, 6.07) is 3.42. The molecule has 4 rings (SSSR count). The molecule has 0 saturated carbocycles. The van der Waals surface area contributed by atoms with E-state index in [9.17, 15) is 26.7 Å². The first-order valence-corrected chi connectivity index (χ1v) is 10.7. The lowest BCUT2D eigenvalue weighted by Gasteiger charge is -2.34. The van der Waals surface area contributed by atoms with Crippen molar-refractivity contribution in [3.05, 3.63) is 64.6 Å². The molecule has 0 radical (unpaired) electrons. The summed E-state index contributed by atoms with van der Waals surface area (Å²) < 4.78 is 73.6. The highest BCUT2D eigenvalue weighted by Gasteiger charge is 2.32. The van der Waals surface area contributed by atoms with Crippen molar-refractivity contribution in [2.75, 3.05) is 37.4 Å². The number of amides is 2. The van der Waals surface area contributed by atoms with Gasteiger partial charge in [-0.15, -0.1) is 0 Å². The van der Waals surface area contributed by atoms with Crippen LogP contribution >= 0.6 is 0 Å². The van der Waals surface area contributed by atoms with Crippen molar-refractivity contribution >= 4 is 28.3 Å². The predicted molar refractivity (Wildman–Crippen MR) is 120 cm³/mol. The Labute approximate surface area is 197 Å². The SMILES string of the molecule is CN(C(=O)Nc1ccc(F)c(C(F)F)c1)C1COCc2nc(NCCN)c3cc(F)c(F)cc3c21. The number of anilines is 2. The number of urea groups is 1. The van der Waals surface area contributed by atoms with E-state index in [2.05, 4.69) is 15.6 Å². The van der Waals surface area contributed by atoms with Gasteiger partial charge in [0.2, 0.25) is 0 Å². The third-order valence-electron chi connectivity index (χ3n) is 5.72. The summed E-state index contributed by atoms with van der Waals surface area (Å²) in [4.78, 5) is 18.7. The lowest BCUT2D eigenvalue weighted by atomic mass is 9.95. The summed E-state index contributed by atoms with van der Waals surface area (Å²) >= 11 is 0. The van der Waals surface area contributed by atoms with E-state index in [1.807, 2.05) is 0 Å². The minimum Gasteiger partial charge on any atom is -0.373 e. The zero-order chi connectivity index (χ0) is 25.3. The van der Waals surface area contributed by atoms with Crippen LogP contribution in [0.5, 0.6) is 0 Å². The first kappa shape index (κ1) is 24.6. The van der Waals surface area contributed by atoms with Crippen molar-refractivity contribution < 1.29 is 31.5 Å². The first-order chi connectivity index (χ1) is 16.7. The maximum absolute atomic E-state index is 14.3. The number of nitrogens with zero attached hydrogens (tertiary/aromatic N) is 2. The Kier molecular flexibility index (Phi) is 7.03. The number of ether oxygens (including phenoxy) is 1. The lowest BCUT2D eigenvalue weighted by Crippen LogP contribution is -2.39. The van der Waals surface area contributed by atoms with Gasteiger partial charge < -0.3 is 26.0 Å². The van der Waals surface area contributed by atoms with Gasteiger partial charge in [-0.05, 0) is 35.7 Å². The smallest absolute Gasteiger partial charge is 0.322 e. The van der Waals surface area contributed by atoms with Crippen molar-refractivity contribution in [3.8, 4) is 0 Å². The minimum absolute atomic E-state index is 0.0218. The Morgan fingerprint density at radius 3 is 2.57 bits per heavy atom. The number of pyridine rings is 1. The molecular formula is C23H22F5N5O2. The number of hydrogen-bond donors (Lipinski definition) is 3. The standard InChI is InChI=1S/C23H22F5N5O2/c1-33(23(34)31-11-2-3-15(24)14(6-11)21(27)28)19-10-35-9-18-20(19)12-7-16(25)17(26)8-13(12)22(32-18)30-5-4-29/h2-3,6-8,19,21H,4-5,9-10,29H2,1H3,(H,30,32)(H,31,34). The highest BCUT2D eigenvalue weighted by Crippen LogP contribution is 2.38. The van der Waals surface area contributed by atoms with Gasteiger partial charge in [0.15, 0.2) is 11.6 Å². The number of fused-ring (bicyclic) bond motifs is 3. The number of carbonyl (C=O) groups is 1. The number of hydrogen-bond acceptors (Lipinski definition) is 5. The first-order valence-electron chi connectivity index (χ1n) is 10.7. The number of alkyl halides is 2. The van der Waals surface area contributed by atoms with Crippen LogP contribution in [0.3, 0.4) is 0 Å². The molecule has 186 valence electrons. The highest BCUT2D eigenvalue weighted by atomic mass is 19.3. The molecule has 0 spiro atoms. The number of halogens is 5. The second-order valence-corrected chi connectivity index (χ2v) is 7.96. The summed E-state index contributed by atoms with van der Waals surface area (Å²) in [5.41, 5.74) is 5.55. The van der Waals surface area contributed by atoms with Crippen LogP contribution < -0.4 is 16.4 Å². The molecule has 1 aromatic heterocycles. The average Bonchev–Trinajstić information content (AvgIpc) is 2.83. The van der Waals surface area contributed by atoms with Crippen LogP contribution in [0, 0.1) is 17.5 Å². The van der Waals surface area contributed by atoms with Crippen LogP contribution in [0.4, 0.5) is 38.3 Å². The third-order valence-corrected chi connectivity index (χ3v) is 5.72. The Morgan fingerprint density at radius 1 is 1.17 bits per heavy atom. The summed E-state index contributed by atoms with van der Waals surface area (Å²) in [5, 5.41) is 6.08. The van der Waals surface area contributed by atoms with Crippen molar-refractivity contribution in [2.24, 2.45) is 5.73 Å². The molecule has 1 aliphatic rings.